The second-order valence-corrected chi connectivity index (χ2v) is 5.85. The Kier molecular flexibility index (Phi) is 7.43. The Balaban J connectivity index is 0.00000289. The molecule has 0 spiro atoms. The number of rotatable bonds is 5. The molecule has 3 N–H and O–H groups in total. The molecule has 1 atom stereocenters. The Bertz CT molecular complexity index is 393. The van der Waals surface area contributed by atoms with Gasteiger partial charge in [0.2, 0.25) is 5.91 Å². The number of carbonyl (C=O) groups excluding carboxylic acids is 1. The Labute approximate surface area is 119 Å². The third kappa shape index (κ3) is 4.55. The molecule has 1 unspecified atom stereocenters. The van der Waals surface area contributed by atoms with Gasteiger partial charge < -0.3 is 11.1 Å². The summed E-state index contributed by atoms with van der Waals surface area (Å²) in [5, 5.41) is 3.82. The number of nitrogens with one attached hydrogen (secondary N) is 1. The summed E-state index contributed by atoms with van der Waals surface area (Å²) in [4.78, 5) is 17.3. The number of carbonyl (C=O) groups is 1. The van der Waals surface area contributed by atoms with E-state index in [1.54, 1.807) is 11.3 Å². The van der Waals surface area contributed by atoms with Gasteiger partial charge in [0, 0.05) is 17.3 Å². The van der Waals surface area contributed by atoms with Gasteiger partial charge in [0.1, 0.15) is 5.01 Å². The van der Waals surface area contributed by atoms with Crippen molar-refractivity contribution in [1.82, 2.24) is 10.3 Å². The van der Waals surface area contributed by atoms with E-state index in [1.165, 1.54) is 4.88 Å². The van der Waals surface area contributed by atoms with Gasteiger partial charge in [-0.15, -0.1) is 23.7 Å². The fourth-order valence-electron chi connectivity index (χ4n) is 1.52. The van der Waals surface area contributed by atoms with Gasteiger partial charge >= 0.3 is 0 Å². The minimum absolute atomic E-state index is 0. The van der Waals surface area contributed by atoms with Crippen LogP contribution < -0.4 is 11.1 Å². The zero-order valence-electron chi connectivity index (χ0n) is 11.3. The van der Waals surface area contributed by atoms with Crippen LogP contribution in [0.1, 0.15) is 42.3 Å². The number of nitrogens with two attached hydrogens (primary N) is 1. The van der Waals surface area contributed by atoms with Crippen LogP contribution in [0.15, 0.2) is 0 Å². The molecule has 0 radical (unpaired) electrons. The van der Waals surface area contributed by atoms with E-state index in [-0.39, 0.29) is 24.2 Å². The number of thiazole rings is 1. The average molecular weight is 292 g/mol. The highest BCUT2D eigenvalue weighted by Gasteiger charge is 2.13. The monoisotopic (exact) mass is 291 g/mol. The van der Waals surface area contributed by atoms with Gasteiger partial charge in [-0.25, -0.2) is 4.98 Å². The third-order valence-electron chi connectivity index (χ3n) is 2.64. The van der Waals surface area contributed by atoms with E-state index in [2.05, 4.69) is 31.1 Å². The van der Waals surface area contributed by atoms with Crippen LogP contribution >= 0.6 is 23.7 Å². The number of hydrogen-bond donors (Lipinski definition) is 2. The van der Waals surface area contributed by atoms with E-state index in [4.69, 9.17) is 5.73 Å². The SMILES string of the molecule is Cc1sc(CNC(=O)C(C)CN)nc1C(C)C.Cl. The maximum absolute atomic E-state index is 11.6. The van der Waals surface area contributed by atoms with Crippen molar-refractivity contribution in [3.8, 4) is 0 Å². The average Bonchev–Trinajstić information content (AvgIpc) is 2.66. The Morgan fingerprint density at radius 1 is 1.44 bits per heavy atom. The summed E-state index contributed by atoms with van der Waals surface area (Å²) in [6, 6.07) is 0. The van der Waals surface area contributed by atoms with Crippen LogP contribution in [-0.2, 0) is 11.3 Å². The molecule has 0 saturated heterocycles. The van der Waals surface area contributed by atoms with Crippen LogP contribution in [0.2, 0.25) is 0 Å². The molecule has 0 aliphatic rings. The van der Waals surface area contributed by atoms with E-state index in [1.807, 2.05) is 6.92 Å². The molecule has 1 rings (SSSR count). The highest BCUT2D eigenvalue weighted by Crippen LogP contribution is 2.23. The Morgan fingerprint density at radius 2 is 2.06 bits per heavy atom. The summed E-state index contributed by atoms with van der Waals surface area (Å²) in [6.45, 7) is 9.02. The predicted octanol–water partition coefficient (Wildman–Crippen LogP) is 2.21. The molecule has 1 aromatic rings. The van der Waals surface area contributed by atoms with E-state index in [0.29, 0.717) is 19.0 Å². The van der Waals surface area contributed by atoms with Gasteiger partial charge in [-0.3, -0.25) is 4.79 Å². The largest absolute Gasteiger partial charge is 0.349 e. The number of amides is 1. The molecule has 0 bridgehead atoms. The topological polar surface area (TPSA) is 68.0 Å². The van der Waals surface area contributed by atoms with E-state index >= 15 is 0 Å². The molecule has 0 aliphatic carbocycles. The minimum Gasteiger partial charge on any atom is -0.349 e. The highest BCUT2D eigenvalue weighted by molar-refractivity contribution is 7.11. The fraction of sp³-hybridized carbons (Fsp3) is 0.667. The first-order valence-corrected chi connectivity index (χ1v) is 6.71. The van der Waals surface area contributed by atoms with Crippen LogP contribution in [0.5, 0.6) is 0 Å². The van der Waals surface area contributed by atoms with Crippen molar-refractivity contribution in [1.29, 1.82) is 0 Å². The van der Waals surface area contributed by atoms with Crippen LogP contribution in [0.3, 0.4) is 0 Å². The standard InChI is InChI=1S/C12H21N3OS.ClH/c1-7(2)11-9(4)17-10(15-11)6-14-12(16)8(3)5-13;/h7-8H,5-6,13H2,1-4H3,(H,14,16);1H. The van der Waals surface area contributed by atoms with E-state index in [0.717, 1.165) is 10.7 Å². The quantitative estimate of drug-likeness (QED) is 0.874. The van der Waals surface area contributed by atoms with Crippen molar-refractivity contribution in [2.24, 2.45) is 11.7 Å². The molecule has 0 saturated carbocycles. The minimum atomic E-state index is -0.138. The van der Waals surface area contributed by atoms with Crippen molar-refractivity contribution in [2.45, 2.75) is 40.2 Å². The molecule has 1 heterocycles. The molecular formula is C12H22ClN3OS. The van der Waals surface area contributed by atoms with Gasteiger partial charge in [0.15, 0.2) is 0 Å². The second kappa shape index (κ2) is 7.71. The summed E-state index contributed by atoms with van der Waals surface area (Å²) >= 11 is 1.65. The molecule has 1 aromatic heterocycles. The number of aromatic nitrogens is 1. The molecular weight excluding hydrogens is 270 g/mol. The normalized spacial score (nSPS) is 12.1. The second-order valence-electron chi connectivity index (χ2n) is 4.56. The molecule has 0 fully saturated rings. The predicted molar refractivity (Wildman–Crippen MR) is 78.3 cm³/mol. The van der Waals surface area contributed by atoms with Crippen molar-refractivity contribution >= 4 is 29.7 Å². The van der Waals surface area contributed by atoms with Crippen molar-refractivity contribution < 1.29 is 4.79 Å². The third-order valence-corrected chi connectivity index (χ3v) is 3.63. The Hall–Kier alpha value is -0.650. The van der Waals surface area contributed by atoms with E-state index < -0.39 is 0 Å². The summed E-state index contributed by atoms with van der Waals surface area (Å²) < 4.78 is 0. The number of halogens is 1. The summed E-state index contributed by atoms with van der Waals surface area (Å²) in [6.07, 6.45) is 0. The van der Waals surface area contributed by atoms with E-state index in [9.17, 15) is 4.79 Å². The lowest BCUT2D eigenvalue weighted by molar-refractivity contribution is -0.124. The lowest BCUT2D eigenvalue weighted by atomic mass is 10.1. The summed E-state index contributed by atoms with van der Waals surface area (Å²) in [7, 11) is 0. The molecule has 0 aromatic carbocycles. The zero-order valence-corrected chi connectivity index (χ0v) is 13.0. The highest BCUT2D eigenvalue weighted by atomic mass is 35.5. The smallest absolute Gasteiger partial charge is 0.224 e. The van der Waals surface area contributed by atoms with Crippen LogP contribution in [-0.4, -0.2) is 17.4 Å². The first kappa shape index (κ1) is 17.4. The number of aryl methyl sites for hydroxylation is 1. The lowest BCUT2D eigenvalue weighted by Crippen LogP contribution is -2.32. The van der Waals surface area contributed by atoms with Crippen LogP contribution in [0, 0.1) is 12.8 Å². The van der Waals surface area contributed by atoms with Crippen LogP contribution in [0.25, 0.3) is 0 Å². The maximum atomic E-state index is 11.6. The lowest BCUT2D eigenvalue weighted by Gasteiger charge is -2.08. The molecule has 104 valence electrons. The van der Waals surface area contributed by atoms with Gasteiger partial charge in [0.25, 0.3) is 0 Å². The van der Waals surface area contributed by atoms with Crippen molar-refractivity contribution in [3.63, 3.8) is 0 Å². The summed E-state index contributed by atoms with van der Waals surface area (Å²) in [5.74, 6) is 0.283. The maximum Gasteiger partial charge on any atom is 0.224 e. The van der Waals surface area contributed by atoms with Crippen molar-refractivity contribution in [2.75, 3.05) is 6.54 Å². The fourth-order valence-corrected chi connectivity index (χ4v) is 2.55. The summed E-state index contributed by atoms with van der Waals surface area (Å²) in [5.41, 5.74) is 6.57. The number of hydrogen-bond acceptors (Lipinski definition) is 4. The van der Waals surface area contributed by atoms with Gasteiger partial charge in [0.05, 0.1) is 12.2 Å². The van der Waals surface area contributed by atoms with Gasteiger partial charge in [-0.1, -0.05) is 20.8 Å². The van der Waals surface area contributed by atoms with Crippen LogP contribution in [0.4, 0.5) is 0 Å². The molecule has 0 aliphatic heterocycles. The first-order valence-electron chi connectivity index (χ1n) is 5.89. The van der Waals surface area contributed by atoms with Crippen molar-refractivity contribution in [3.05, 3.63) is 15.6 Å². The zero-order chi connectivity index (χ0) is 13.0. The first-order chi connectivity index (χ1) is 7.95. The Morgan fingerprint density at radius 3 is 2.50 bits per heavy atom. The van der Waals surface area contributed by atoms with Gasteiger partial charge in [-0.05, 0) is 12.8 Å². The molecule has 6 heteroatoms. The number of nitrogens with zero attached hydrogens (tertiary/aromatic N) is 1. The molecule has 4 nitrogen and oxygen atoms in total. The molecule has 1 amide bonds. The molecule has 18 heavy (non-hydrogen) atoms. The van der Waals surface area contributed by atoms with Gasteiger partial charge in [-0.2, -0.15) is 0 Å².